The van der Waals surface area contributed by atoms with Gasteiger partial charge in [-0.3, -0.25) is 14.8 Å². The summed E-state index contributed by atoms with van der Waals surface area (Å²) in [5.41, 5.74) is 7.05. The minimum atomic E-state index is -0.243. The Morgan fingerprint density at radius 3 is 2.82 bits per heavy atom. The van der Waals surface area contributed by atoms with Crippen LogP contribution in [0.5, 0.6) is 0 Å². The number of hydrogen-bond acceptors (Lipinski definition) is 5. The molecule has 2 aromatic rings. The van der Waals surface area contributed by atoms with Crippen molar-refractivity contribution in [3.63, 3.8) is 0 Å². The van der Waals surface area contributed by atoms with Gasteiger partial charge in [-0.15, -0.1) is 0 Å². The van der Waals surface area contributed by atoms with Crippen molar-refractivity contribution in [1.82, 2.24) is 14.9 Å². The van der Waals surface area contributed by atoms with E-state index in [0.29, 0.717) is 17.4 Å². The number of aryl methyl sites for hydroxylation is 2. The van der Waals surface area contributed by atoms with Gasteiger partial charge in [0.15, 0.2) is 0 Å². The molecular formula is C10H13N5O2. The summed E-state index contributed by atoms with van der Waals surface area (Å²) in [6.07, 6.45) is 0. The number of carbonyl (C=O) groups is 1. The largest absolute Gasteiger partial charge is 0.382 e. The molecule has 2 aromatic heterocycles. The van der Waals surface area contributed by atoms with Crippen LogP contribution >= 0.6 is 0 Å². The first kappa shape index (κ1) is 11.2. The van der Waals surface area contributed by atoms with Crippen LogP contribution < -0.4 is 11.1 Å². The second kappa shape index (κ2) is 4.28. The quantitative estimate of drug-likeness (QED) is 0.816. The molecule has 0 unspecified atom stereocenters. The van der Waals surface area contributed by atoms with E-state index in [-0.39, 0.29) is 12.5 Å². The van der Waals surface area contributed by atoms with Gasteiger partial charge in [0.1, 0.15) is 12.4 Å². The van der Waals surface area contributed by atoms with E-state index in [9.17, 15) is 4.79 Å². The van der Waals surface area contributed by atoms with Crippen molar-refractivity contribution in [2.75, 3.05) is 11.1 Å². The Balaban J connectivity index is 2.00. The lowest BCUT2D eigenvalue weighted by atomic mass is 10.4. The van der Waals surface area contributed by atoms with Crippen LogP contribution in [0.4, 0.5) is 11.7 Å². The number of nitrogens with one attached hydrogen (secondary N) is 1. The SMILES string of the molecule is Cc1cc(NC(=O)Cn2nc(N)cc2C)on1. The molecule has 0 fully saturated rings. The van der Waals surface area contributed by atoms with Crippen molar-refractivity contribution < 1.29 is 9.32 Å². The molecule has 0 radical (unpaired) electrons. The Morgan fingerprint density at radius 2 is 2.29 bits per heavy atom. The molecule has 0 saturated carbocycles. The second-order valence-corrected chi connectivity index (χ2v) is 3.75. The molecule has 2 rings (SSSR count). The lowest BCUT2D eigenvalue weighted by Gasteiger charge is -2.03. The Kier molecular flexibility index (Phi) is 2.82. The molecule has 0 atom stereocenters. The van der Waals surface area contributed by atoms with Gasteiger partial charge < -0.3 is 10.3 Å². The summed E-state index contributed by atoms with van der Waals surface area (Å²) >= 11 is 0. The Bertz CT molecular complexity index is 543. The maximum atomic E-state index is 11.7. The van der Waals surface area contributed by atoms with Gasteiger partial charge >= 0.3 is 0 Å². The first-order valence-corrected chi connectivity index (χ1v) is 5.07. The monoisotopic (exact) mass is 235 g/mol. The van der Waals surface area contributed by atoms with Crippen LogP contribution in [0.15, 0.2) is 16.7 Å². The van der Waals surface area contributed by atoms with Crippen molar-refractivity contribution in [3.05, 3.63) is 23.5 Å². The summed E-state index contributed by atoms with van der Waals surface area (Å²) in [5.74, 6) is 0.475. The molecule has 0 spiro atoms. The Morgan fingerprint density at radius 1 is 1.53 bits per heavy atom. The van der Waals surface area contributed by atoms with Crippen LogP contribution in [0.1, 0.15) is 11.4 Å². The van der Waals surface area contributed by atoms with Crippen LogP contribution in [0.2, 0.25) is 0 Å². The van der Waals surface area contributed by atoms with Gasteiger partial charge in [-0.1, -0.05) is 5.16 Å². The molecule has 2 heterocycles. The third kappa shape index (κ3) is 2.63. The van der Waals surface area contributed by atoms with E-state index in [1.165, 1.54) is 4.68 Å². The number of anilines is 2. The molecule has 7 heteroatoms. The molecule has 0 saturated heterocycles. The van der Waals surface area contributed by atoms with Crippen molar-refractivity contribution in [2.24, 2.45) is 0 Å². The Labute approximate surface area is 97.6 Å². The molecule has 0 aromatic carbocycles. The summed E-state index contributed by atoms with van der Waals surface area (Å²) in [6, 6.07) is 3.34. The third-order valence-corrected chi connectivity index (χ3v) is 2.18. The van der Waals surface area contributed by atoms with Crippen LogP contribution in [0.3, 0.4) is 0 Å². The highest BCUT2D eigenvalue weighted by molar-refractivity contribution is 5.89. The van der Waals surface area contributed by atoms with Gasteiger partial charge in [0.25, 0.3) is 0 Å². The number of aromatic nitrogens is 3. The zero-order valence-electron chi connectivity index (χ0n) is 9.60. The van der Waals surface area contributed by atoms with Gasteiger partial charge in [-0.25, -0.2) is 0 Å². The molecular weight excluding hydrogens is 222 g/mol. The average molecular weight is 235 g/mol. The maximum Gasteiger partial charge on any atom is 0.248 e. The normalized spacial score (nSPS) is 10.5. The molecule has 7 nitrogen and oxygen atoms in total. The van der Waals surface area contributed by atoms with Crippen molar-refractivity contribution in [2.45, 2.75) is 20.4 Å². The van der Waals surface area contributed by atoms with Gasteiger partial charge in [0, 0.05) is 17.8 Å². The van der Waals surface area contributed by atoms with E-state index in [4.69, 9.17) is 10.3 Å². The molecule has 0 bridgehead atoms. The lowest BCUT2D eigenvalue weighted by Crippen LogP contribution is -2.20. The standard InChI is InChI=1S/C10H13N5O2/c1-6-3-10(17-14-6)12-9(16)5-15-7(2)4-8(11)13-15/h3-4H,5H2,1-2H3,(H2,11,13)(H,12,16). The maximum absolute atomic E-state index is 11.7. The summed E-state index contributed by atoms with van der Waals surface area (Å²) in [5, 5.41) is 10.2. The Hall–Kier alpha value is -2.31. The molecule has 3 N–H and O–H groups in total. The van der Waals surface area contributed by atoms with E-state index < -0.39 is 0 Å². The fourth-order valence-electron chi connectivity index (χ4n) is 1.43. The van der Waals surface area contributed by atoms with E-state index >= 15 is 0 Å². The minimum absolute atomic E-state index is 0.0861. The summed E-state index contributed by atoms with van der Waals surface area (Å²) in [7, 11) is 0. The second-order valence-electron chi connectivity index (χ2n) is 3.75. The van der Waals surface area contributed by atoms with E-state index in [1.807, 2.05) is 6.92 Å². The fraction of sp³-hybridized carbons (Fsp3) is 0.300. The zero-order valence-corrected chi connectivity index (χ0v) is 9.60. The predicted molar refractivity (Wildman–Crippen MR) is 61.2 cm³/mol. The minimum Gasteiger partial charge on any atom is -0.382 e. The number of carbonyl (C=O) groups excluding carboxylic acids is 1. The highest BCUT2D eigenvalue weighted by Gasteiger charge is 2.09. The summed E-state index contributed by atoms with van der Waals surface area (Å²) in [4.78, 5) is 11.7. The number of nitrogen functional groups attached to an aromatic ring is 1. The van der Waals surface area contributed by atoms with E-state index in [0.717, 1.165) is 5.69 Å². The molecule has 17 heavy (non-hydrogen) atoms. The van der Waals surface area contributed by atoms with Crippen LogP contribution in [-0.4, -0.2) is 20.8 Å². The summed E-state index contributed by atoms with van der Waals surface area (Å²) in [6.45, 7) is 3.69. The summed E-state index contributed by atoms with van der Waals surface area (Å²) < 4.78 is 6.39. The first-order chi connectivity index (χ1) is 8.04. The molecule has 1 amide bonds. The number of amides is 1. The van der Waals surface area contributed by atoms with Crippen LogP contribution in [0.25, 0.3) is 0 Å². The molecule has 0 aliphatic rings. The van der Waals surface area contributed by atoms with Crippen LogP contribution in [-0.2, 0) is 11.3 Å². The molecule has 90 valence electrons. The van der Waals surface area contributed by atoms with Gasteiger partial charge in [0.2, 0.25) is 11.8 Å². The smallest absolute Gasteiger partial charge is 0.248 e. The fourth-order valence-corrected chi connectivity index (χ4v) is 1.43. The highest BCUT2D eigenvalue weighted by atomic mass is 16.5. The predicted octanol–water partition coefficient (Wildman–Crippen LogP) is 0.709. The number of rotatable bonds is 3. The topological polar surface area (TPSA) is 99.0 Å². The van der Waals surface area contributed by atoms with Crippen molar-refractivity contribution in [3.8, 4) is 0 Å². The number of nitrogens with two attached hydrogens (primary N) is 1. The average Bonchev–Trinajstić information content (AvgIpc) is 2.74. The van der Waals surface area contributed by atoms with Crippen molar-refractivity contribution >= 4 is 17.6 Å². The number of nitrogens with zero attached hydrogens (tertiary/aromatic N) is 3. The third-order valence-electron chi connectivity index (χ3n) is 2.18. The first-order valence-electron chi connectivity index (χ1n) is 5.07. The zero-order chi connectivity index (χ0) is 12.4. The van der Waals surface area contributed by atoms with Crippen molar-refractivity contribution in [1.29, 1.82) is 0 Å². The van der Waals surface area contributed by atoms with Gasteiger partial charge in [-0.05, 0) is 13.8 Å². The van der Waals surface area contributed by atoms with E-state index in [1.54, 1.807) is 19.1 Å². The number of hydrogen-bond donors (Lipinski definition) is 2. The van der Waals surface area contributed by atoms with Crippen LogP contribution in [0, 0.1) is 13.8 Å². The van der Waals surface area contributed by atoms with Gasteiger partial charge in [0.05, 0.1) is 5.69 Å². The molecule has 0 aliphatic carbocycles. The molecule has 0 aliphatic heterocycles. The van der Waals surface area contributed by atoms with Gasteiger partial charge in [-0.2, -0.15) is 5.10 Å². The highest BCUT2D eigenvalue weighted by Crippen LogP contribution is 2.09. The van der Waals surface area contributed by atoms with E-state index in [2.05, 4.69) is 15.6 Å². The lowest BCUT2D eigenvalue weighted by molar-refractivity contribution is -0.117.